The lowest BCUT2D eigenvalue weighted by molar-refractivity contribution is -0.110. The van der Waals surface area contributed by atoms with E-state index in [1.54, 1.807) is 0 Å². The van der Waals surface area contributed by atoms with E-state index >= 15 is 0 Å². The fourth-order valence-electron chi connectivity index (χ4n) is 6.36. The SMILES string of the molecule is C=C1C(N)CC2[C@H](O)C([C@@]3(C)CC[C@H](O)C[C@@H]3C=CCN(C)C)CC[C@]12C. The second kappa shape index (κ2) is 7.62. The number of nitrogens with two attached hydrogens (primary N) is 1. The van der Waals surface area contributed by atoms with E-state index in [-0.39, 0.29) is 40.9 Å². The van der Waals surface area contributed by atoms with Gasteiger partial charge in [0.25, 0.3) is 0 Å². The van der Waals surface area contributed by atoms with Crippen molar-refractivity contribution in [3.63, 3.8) is 0 Å². The van der Waals surface area contributed by atoms with E-state index in [0.29, 0.717) is 5.92 Å². The molecule has 4 N–H and O–H groups in total. The first-order chi connectivity index (χ1) is 12.6. The molecule has 0 saturated heterocycles. The molecule has 3 fully saturated rings. The minimum Gasteiger partial charge on any atom is -0.393 e. The Balaban J connectivity index is 1.84. The first-order valence-electron chi connectivity index (χ1n) is 10.7. The van der Waals surface area contributed by atoms with Crippen molar-refractivity contribution in [2.45, 2.75) is 70.6 Å². The molecule has 3 aliphatic carbocycles. The standard InChI is InChI=1S/C23H40N2O2/c1-15-20(24)14-19-21(27)18(9-11-22(15,19)2)23(3)10-8-17(26)13-16(23)7-6-12-25(4)5/h6-7,16-21,26-27H,1,8-14,24H2,2-5H3/t16-,17-,18?,19?,20?,21+,22+,23-/m0/s1. The van der Waals surface area contributed by atoms with Crippen molar-refractivity contribution in [1.29, 1.82) is 0 Å². The summed E-state index contributed by atoms with van der Waals surface area (Å²) in [7, 11) is 4.14. The van der Waals surface area contributed by atoms with Crippen LogP contribution in [-0.2, 0) is 0 Å². The van der Waals surface area contributed by atoms with Gasteiger partial charge in [0.05, 0.1) is 12.2 Å². The van der Waals surface area contributed by atoms with Crippen LogP contribution >= 0.6 is 0 Å². The minimum atomic E-state index is -0.334. The van der Waals surface area contributed by atoms with Crippen molar-refractivity contribution in [2.24, 2.45) is 34.3 Å². The van der Waals surface area contributed by atoms with Crippen LogP contribution in [0.5, 0.6) is 0 Å². The summed E-state index contributed by atoms with van der Waals surface area (Å²) < 4.78 is 0. The summed E-state index contributed by atoms with van der Waals surface area (Å²) in [6.07, 6.45) is 9.54. The highest BCUT2D eigenvalue weighted by atomic mass is 16.3. The average Bonchev–Trinajstić information content (AvgIpc) is 2.83. The van der Waals surface area contributed by atoms with Crippen LogP contribution in [0.2, 0.25) is 0 Å². The third-order valence-electron chi connectivity index (χ3n) is 8.38. The summed E-state index contributed by atoms with van der Waals surface area (Å²) >= 11 is 0. The second-order valence-corrected chi connectivity index (χ2v) is 10.3. The third-order valence-corrected chi connectivity index (χ3v) is 8.38. The molecule has 8 atom stereocenters. The number of allylic oxidation sites excluding steroid dienone is 1. The molecule has 0 amide bonds. The van der Waals surface area contributed by atoms with Crippen molar-refractivity contribution in [3.05, 3.63) is 24.3 Å². The maximum atomic E-state index is 11.5. The van der Waals surface area contributed by atoms with Crippen LogP contribution in [0.15, 0.2) is 24.3 Å². The fourth-order valence-corrected chi connectivity index (χ4v) is 6.36. The van der Waals surface area contributed by atoms with Gasteiger partial charge in [-0.3, -0.25) is 0 Å². The highest BCUT2D eigenvalue weighted by Crippen LogP contribution is 2.61. The Bertz CT molecular complexity index is 589. The quantitative estimate of drug-likeness (QED) is 0.660. The molecule has 3 rings (SSSR count). The van der Waals surface area contributed by atoms with Gasteiger partial charge in [-0.1, -0.05) is 38.2 Å². The lowest BCUT2D eigenvalue weighted by atomic mass is 9.52. The van der Waals surface area contributed by atoms with Crippen molar-refractivity contribution in [3.8, 4) is 0 Å². The highest BCUT2D eigenvalue weighted by Gasteiger charge is 2.57. The van der Waals surface area contributed by atoms with Gasteiger partial charge < -0.3 is 20.8 Å². The van der Waals surface area contributed by atoms with E-state index < -0.39 is 0 Å². The normalized spacial score (nSPS) is 48.4. The van der Waals surface area contributed by atoms with Crippen LogP contribution < -0.4 is 5.73 Å². The van der Waals surface area contributed by atoms with Crippen molar-refractivity contribution >= 4 is 0 Å². The van der Waals surface area contributed by atoms with Gasteiger partial charge in [0.1, 0.15) is 0 Å². The molecule has 0 aromatic rings. The third kappa shape index (κ3) is 3.66. The Labute approximate surface area is 165 Å². The monoisotopic (exact) mass is 376 g/mol. The fraction of sp³-hybridized carbons (Fsp3) is 0.826. The van der Waals surface area contributed by atoms with Crippen LogP contribution in [0.4, 0.5) is 0 Å². The number of hydrogen-bond donors (Lipinski definition) is 3. The van der Waals surface area contributed by atoms with E-state index in [1.165, 1.54) is 0 Å². The van der Waals surface area contributed by atoms with Crippen LogP contribution in [0.25, 0.3) is 0 Å². The van der Waals surface area contributed by atoms with Gasteiger partial charge in [0.2, 0.25) is 0 Å². The molecule has 0 aliphatic heterocycles. The maximum Gasteiger partial charge on any atom is 0.0610 e. The van der Waals surface area contributed by atoms with Gasteiger partial charge in [-0.15, -0.1) is 0 Å². The number of aliphatic hydroxyl groups excluding tert-OH is 2. The maximum absolute atomic E-state index is 11.5. The lowest BCUT2D eigenvalue weighted by Crippen LogP contribution is -2.52. The molecule has 3 aliphatic rings. The van der Waals surface area contributed by atoms with E-state index in [2.05, 4.69) is 51.6 Å². The van der Waals surface area contributed by atoms with Gasteiger partial charge in [0, 0.05) is 12.6 Å². The smallest absolute Gasteiger partial charge is 0.0610 e. The molecule has 4 heteroatoms. The molecule has 0 spiro atoms. The summed E-state index contributed by atoms with van der Waals surface area (Å²) in [5.74, 6) is 0.785. The zero-order valence-corrected chi connectivity index (χ0v) is 17.7. The predicted octanol–water partition coefficient (Wildman–Crippen LogP) is 2.95. The molecule has 4 nitrogen and oxygen atoms in total. The molecule has 154 valence electrons. The van der Waals surface area contributed by atoms with Crippen molar-refractivity contribution < 1.29 is 10.2 Å². The number of rotatable bonds is 4. The topological polar surface area (TPSA) is 69.7 Å². The van der Waals surface area contributed by atoms with Crippen molar-refractivity contribution in [2.75, 3.05) is 20.6 Å². The van der Waals surface area contributed by atoms with Gasteiger partial charge >= 0.3 is 0 Å². The minimum absolute atomic E-state index is 0.0177. The Morgan fingerprint density at radius 2 is 1.85 bits per heavy atom. The first kappa shape index (κ1) is 21.0. The molecule has 0 bridgehead atoms. The van der Waals surface area contributed by atoms with E-state index in [0.717, 1.165) is 50.6 Å². The summed E-state index contributed by atoms with van der Waals surface area (Å²) in [6.45, 7) is 9.79. The van der Waals surface area contributed by atoms with E-state index in [9.17, 15) is 10.2 Å². The Hall–Kier alpha value is -0.680. The number of aliphatic hydroxyl groups is 2. The first-order valence-corrected chi connectivity index (χ1v) is 10.7. The molecular formula is C23H40N2O2. The van der Waals surface area contributed by atoms with Gasteiger partial charge in [-0.05, 0) is 81.2 Å². The second-order valence-electron chi connectivity index (χ2n) is 10.3. The van der Waals surface area contributed by atoms with Gasteiger partial charge in [0.15, 0.2) is 0 Å². The summed E-state index contributed by atoms with van der Waals surface area (Å²) in [5, 5.41) is 21.8. The summed E-state index contributed by atoms with van der Waals surface area (Å²) in [6, 6.07) is 0.0187. The Morgan fingerprint density at radius 3 is 2.52 bits per heavy atom. The number of nitrogens with zero attached hydrogens (tertiary/aromatic N) is 1. The number of likely N-dealkylation sites (N-methyl/N-ethyl adjacent to an activating group) is 1. The predicted molar refractivity (Wildman–Crippen MR) is 111 cm³/mol. The van der Waals surface area contributed by atoms with Crippen LogP contribution in [-0.4, -0.2) is 54.0 Å². The zero-order chi connectivity index (χ0) is 20.0. The van der Waals surface area contributed by atoms with E-state index in [4.69, 9.17) is 5.73 Å². The molecule has 27 heavy (non-hydrogen) atoms. The Kier molecular flexibility index (Phi) is 5.94. The van der Waals surface area contributed by atoms with Crippen LogP contribution in [0.3, 0.4) is 0 Å². The van der Waals surface area contributed by atoms with Gasteiger partial charge in [-0.25, -0.2) is 0 Å². The lowest BCUT2D eigenvalue weighted by Gasteiger charge is -2.54. The number of hydrogen-bond acceptors (Lipinski definition) is 4. The molecule has 0 aromatic carbocycles. The van der Waals surface area contributed by atoms with E-state index in [1.807, 2.05) is 0 Å². The summed E-state index contributed by atoms with van der Waals surface area (Å²) in [4.78, 5) is 2.15. The average molecular weight is 377 g/mol. The Morgan fingerprint density at radius 1 is 1.15 bits per heavy atom. The highest BCUT2D eigenvalue weighted by molar-refractivity contribution is 5.27. The molecular weight excluding hydrogens is 336 g/mol. The molecule has 0 aromatic heterocycles. The largest absolute Gasteiger partial charge is 0.393 e. The van der Waals surface area contributed by atoms with Gasteiger partial charge in [-0.2, -0.15) is 0 Å². The molecule has 3 unspecified atom stereocenters. The van der Waals surface area contributed by atoms with Crippen molar-refractivity contribution in [1.82, 2.24) is 4.90 Å². The molecule has 0 heterocycles. The summed E-state index contributed by atoms with van der Waals surface area (Å²) in [5.41, 5.74) is 7.46. The van der Waals surface area contributed by atoms with Crippen LogP contribution in [0.1, 0.15) is 52.4 Å². The van der Waals surface area contributed by atoms with Crippen LogP contribution in [0, 0.1) is 28.6 Å². The molecule has 0 radical (unpaired) electrons. The molecule has 3 saturated carbocycles. The zero-order valence-electron chi connectivity index (χ0n) is 17.7. The number of fused-ring (bicyclic) bond motifs is 1.